The minimum atomic E-state index is -0.961. The standard InChI is InChI=1S/C18H21N7O2/c19-11-3-7-13(8-4-11)23-18-24-15-14(20-9-21-15)16(25-18)22-12-5-1-10(2-6-12)17(26)27/h1-2,5-6,9,11,13H,3-4,7-8,19H2,(H,26,27)(H3,20,21,22,23,24,25). The summed E-state index contributed by atoms with van der Waals surface area (Å²) in [7, 11) is 0. The van der Waals surface area contributed by atoms with Gasteiger partial charge < -0.3 is 26.5 Å². The first-order valence-corrected chi connectivity index (χ1v) is 8.92. The van der Waals surface area contributed by atoms with Crippen LogP contribution in [0.25, 0.3) is 11.2 Å². The number of nitrogens with one attached hydrogen (secondary N) is 3. The van der Waals surface area contributed by atoms with E-state index in [2.05, 4.69) is 30.6 Å². The summed E-state index contributed by atoms with van der Waals surface area (Å²) < 4.78 is 0. The lowest BCUT2D eigenvalue weighted by Crippen LogP contribution is -2.33. The molecule has 0 saturated heterocycles. The van der Waals surface area contributed by atoms with Crippen molar-refractivity contribution in [2.45, 2.75) is 37.8 Å². The van der Waals surface area contributed by atoms with Gasteiger partial charge in [-0.15, -0.1) is 0 Å². The van der Waals surface area contributed by atoms with Gasteiger partial charge in [-0.1, -0.05) is 0 Å². The van der Waals surface area contributed by atoms with Crippen molar-refractivity contribution >= 4 is 34.6 Å². The number of carboxylic acid groups (broad SMARTS) is 1. The van der Waals surface area contributed by atoms with Gasteiger partial charge in [0.05, 0.1) is 11.9 Å². The van der Waals surface area contributed by atoms with Gasteiger partial charge in [-0.2, -0.15) is 9.97 Å². The summed E-state index contributed by atoms with van der Waals surface area (Å²) in [5.74, 6) is 0.119. The summed E-state index contributed by atoms with van der Waals surface area (Å²) in [5, 5.41) is 15.6. The Morgan fingerprint density at radius 3 is 2.59 bits per heavy atom. The van der Waals surface area contributed by atoms with Gasteiger partial charge in [0.25, 0.3) is 0 Å². The van der Waals surface area contributed by atoms with E-state index in [1.165, 1.54) is 12.1 Å². The maximum Gasteiger partial charge on any atom is 0.335 e. The second kappa shape index (κ2) is 7.20. The van der Waals surface area contributed by atoms with Crippen molar-refractivity contribution in [3.05, 3.63) is 36.2 Å². The number of nitrogens with zero attached hydrogens (tertiary/aromatic N) is 3. The average Bonchev–Trinajstić information content (AvgIpc) is 3.13. The van der Waals surface area contributed by atoms with Crippen LogP contribution in [0.5, 0.6) is 0 Å². The second-order valence-electron chi connectivity index (χ2n) is 6.76. The van der Waals surface area contributed by atoms with E-state index in [-0.39, 0.29) is 11.6 Å². The van der Waals surface area contributed by atoms with E-state index in [9.17, 15) is 4.79 Å². The van der Waals surface area contributed by atoms with Crippen LogP contribution in [0, 0.1) is 0 Å². The highest BCUT2D eigenvalue weighted by atomic mass is 16.4. The van der Waals surface area contributed by atoms with Crippen LogP contribution in [0.1, 0.15) is 36.0 Å². The Balaban J connectivity index is 1.57. The molecule has 1 fully saturated rings. The number of aromatic carboxylic acids is 1. The summed E-state index contributed by atoms with van der Waals surface area (Å²) in [6.45, 7) is 0. The molecule has 0 amide bonds. The number of benzene rings is 1. The molecule has 6 N–H and O–H groups in total. The van der Waals surface area contributed by atoms with Crippen LogP contribution in [0.2, 0.25) is 0 Å². The Morgan fingerprint density at radius 1 is 1.15 bits per heavy atom. The largest absolute Gasteiger partial charge is 0.478 e. The van der Waals surface area contributed by atoms with Crippen LogP contribution >= 0.6 is 0 Å². The third kappa shape index (κ3) is 3.82. The first-order valence-electron chi connectivity index (χ1n) is 8.92. The first kappa shape index (κ1) is 17.2. The number of anilines is 3. The van der Waals surface area contributed by atoms with Crippen LogP contribution < -0.4 is 16.4 Å². The number of nitrogens with two attached hydrogens (primary N) is 1. The first-order chi connectivity index (χ1) is 13.1. The van der Waals surface area contributed by atoms with E-state index in [0.29, 0.717) is 29.0 Å². The molecule has 0 aliphatic heterocycles. The van der Waals surface area contributed by atoms with Crippen LogP contribution in [0.4, 0.5) is 17.5 Å². The zero-order valence-electron chi connectivity index (χ0n) is 14.6. The molecule has 0 atom stereocenters. The fourth-order valence-electron chi connectivity index (χ4n) is 3.27. The molecule has 1 aromatic carbocycles. The molecule has 4 rings (SSSR count). The van der Waals surface area contributed by atoms with Crippen LogP contribution in [0.3, 0.4) is 0 Å². The molecule has 2 heterocycles. The summed E-state index contributed by atoms with van der Waals surface area (Å²) in [5.41, 5.74) is 8.17. The zero-order valence-corrected chi connectivity index (χ0v) is 14.6. The molecule has 0 spiro atoms. The maximum atomic E-state index is 11.0. The number of rotatable bonds is 5. The number of imidazole rings is 1. The van der Waals surface area contributed by atoms with E-state index >= 15 is 0 Å². The Hall–Kier alpha value is -3.20. The minimum absolute atomic E-state index is 0.228. The Labute approximate surface area is 155 Å². The second-order valence-corrected chi connectivity index (χ2v) is 6.76. The zero-order chi connectivity index (χ0) is 18.8. The van der Waals surface area contributed by atoms with Gasteiger partial charge >= 0.3 is 5.97 Å². The lowest BCUT2D eigenvalue weighted by Gasteiger charge is -2.26. The third-order valence-electron chi connectivity index (χ3n) is 4.78. The highest BCUT2D eigenvalue weighted by Crippen LogP contribution is 2.25. The number of H-pyrrole nitrogens is 1. The number of hydrogen-bond donors (Lipinski definition) is 5. The Morgan fingerprint density at radius 2 is 1.89 bits per heavy atom. The number of hydrogen-bond acceptors (Lipinski definition) is 7. The van der Waals surface area contributed by atoms with Crippen molar-refractivity contribution in [1.29, 1.82) is 0 Å². The van der Waals surface area contributed by atoms with Gasteiger partial charge in [0, 0.05) is 17.8 Å². The summed E-state index contributed by atoms with van der Waals surface area (Å²) in [6.07, 6.45) is 5.54. The smallest absolute Gasteiger partial charge is 0.335 e. The molecule has 9 heteroatoms. The van der Waals surface area contributed by atoms with E-state index in [4.69, 9.17) is 10.8 Å². The SMILES string of the molecule is NC1CCC(Nc2nc(Nc3ccc(C(=O)O)cc3)c3nc[nH]c3n2)CC1. The molecular weight excluding hydrogens is 346 g/mol. The monoisotopic (exact) mass is 367 g/mol. The lowest BCUT2D eigenvalue weighted by molar-refractivity contribution is 0.0697. The van der Waals surface area contributed by atoms with Crippen molar-refractivity contribution in [2.24, 2.45) is 5.73 Å². The Bertz CT molecular complexity index is 946. The number of aromatic nitrogens is 4. The van der Waals surface area contributed by atoms with Crippen molar-refractivity contribution in [3.63, 3.8) is 0 Å². The fraction of sp³-hybridized carbons (Fsp3) is 0.333. The number of fused-ring (bicyclic) bond motifs is 1. The Kier molecular flexibility index (Phi) is 4.59. The number of aromatic amines is 1. The maximum absolute atomic E-state index is 11.0. The van der Waals surface area contributed by atoms with Gasteiger partial charge in [-0.25, -0.2) is 9.78 Å². The molecule has 1 aliphatic rings. The quantitative estimate of drug-likeness (QED) is 0.463. The molecule has 1 saturated carbocycles. The van der Waals surface area contributed by atoms with Gasteiger partial charge in [0.2, 0.25) is 5.95 Å². The molecule has 2 aromatic heterocycles. The van der Waals surface area contributed by atoms with E-state index in [0.717, 1.165) is 31.4 Å². The fourth-order valence-corrected chi connectivity index (χ4v) is 3.27. The number of carbonyl (C=O) groups is 1. The highest BCUT2D eigenvalue weighted by Gasteiger charge is 2.20. The van der Waals surface area contributed by atoms with Crippen molar-refractivity contribution in [1.82, 2.24) is 19.9 Å². The van der Waals surface area contributed by atoms with Crippen LogP contribution in [0.15, 0.2) is 30.6 Å². The molecule has 140 valence electrons. The normalized spacial score (nSPS) is 19.7. The van der Waals surface area contributed by atoms with Crippen LogP contribution in [-0.4, -0.2) is 43.1 Å². The van der Waals surface area contributed by atoms with Crippen molar-refractivity contribution in [3.8, 4) is 0 Å². The van der Waals surface area contributed by atoms with Gasteiger partial charge in [0.1, 0.15) is 0 Å². The molecular formula is C18H21N7O2. The summed E-state index contributed by atoms with van der Waals surface area (Å²) >= 11 is 0. The number of carboxylic acids is 1. The lowest BCUT2D eigenvalue weighted by atomic mass is 9.92. The third-order valence-corrected chi connectivity index (χ3v) is 4.78. The summed E-state index contributed by atoms with van der Waals surface area (Å²) in [4.78, 5) is 27.4. The predicted octanol–water partition coefficient (Wildman–Crippen LogP) is 2.48. The van der Waals surface area contributed by atoms with Crippen LogP contribution in [-0.2, 0) is 0 Å². The molecule has 0 radical (unpaired) electrons. The topological polar surface area (TPSA) is 142 Å². The molecule has 0 bridgehead atoms. The predicted molar refractivity (Wildman–Crippen MR) is 102 cm³/mol. The highest BCUT2D eigenvalue weighted by molar-refractivity contribution is 5.89. The van der Waals surface area contributed by atoms with E-state index < -0.39 is 5.97 Å². The average molecular weight is 367 g/mol. The molecule has 0 unspecified atom stereocenters. The molecule has 27 heavy (non-hydrogen) atoms. The molecule has 1 aliphatic carbocycles. The molecule has 3 aromatic rings. The minimum Gasteiger partial charge on any atom is -0.478 e. The van der Waals surface area contributed by atoms with E-state index in [1.54, 1.807) is 18.5 Å². The summed E-state index contributed by atoms with van der Waals surface area (Å²) in [6, 6.07) is 7.05. The van der Waals surface area contributed by atoms with Gasteiger partial charge in [-0.3, -0.25) is 0 Å². The molecule has 9 nitrogen and oxygen atoms in total. The van der Waals surface area contributed by atoms with Crippen molar-refractivity contribution in [2.75, 3.05) is 10.6 Å². The van der Waals surface area contributed by atoms with Crippen molar-refractivity contribution < 1.29 is 9.90 Å². The van der Waals surface area contributed by atoms with Gasteiger partial charge in [0.15, 0.2) is 17.0 Å². The van der Waals surface area contributed by atoms with E-state index in [1.807, 2.05) is 0 Å². The van der Waals surface area contributed by atoms with Gasteiger partial charge in [-0.05, 0) is 49.9 Å².